The molecular formula is C21H26N2O4. The SMILES string of the molecule is COc1ccc(OC)c(C(=O)NC2C[C@H]3CC[C@@H](C2)N3Cc2ccco2)c1. The molecule has 4 rings (SSSR count). The summed E-state index contributed by atoms with van der Waals surface area (Å²) in [5.41, 5.74) is 0.516. The molecule has 6 heteroatoms. The van der Waals surface area contributed by atoms with E-state index in [1.165, 1.54) is 12.8 Å². The van der Waals surface area contributed by atoms with Crippen LogP contribution >= 0.6 is 0 Å². The van der Waals surface area contributed by atoms with Crippen molar-refractivity contribution in [2.24, 2.45) is 0 Å². The fourth-order valence-corrected chi connectivity index (χ4v) is 4.49. The molecule has 1 N–H and O–H groups in total. The van der Waals surface area contributed by atoms with Crippen LogP contribution in [0.4, 0.5) is 0 Å². The summed E-state index contributed by atoms with van der Waals surface area (Å²) in [5, 5.41) is 3.22. The fraction of sp³-hybridized carbons (Fsp3) is 0.476. The van der Waals surface area contributed by atoms with Crippen molar-refractivity contribution in [3.63, 3.8) is 0 Å². The molecule has 2 fully saturated rings. The Labute approximate surface area is 159 Å². The number of carbonyl (C=O) groups is 1. The van der Waals surface area contributed by atoms with Crippen molar-refractivity contribution in [2.75, 3.05) is 14.2 Å². The number of ether oxygens (including phenoxy) is 2. The van der Waals surface area contributed by atoms with Crippen LogP contribution in [0.3, 0.4) is 0 Å². The van der Waals surface area contributed by atoms with Gasteiger partial charge >= 0.3 is 0 Å². The maximum absolute atomic E-state index is 12.9. The number of rotatable bonds is 6. The standard InChI is InChI=1S/C21H26N2O4/c1-25-17-7-8-20(26-2)19(12-17)21(24)22-14-10-15-5-6-16(11-14)23(15)13-18-4-3-9-27-18/h3-4,7-9,12,14-16H,5-6,10-11,13H2,1-2H3,(H,22,24)/t14?,15-,16+. The van der Waals surface area contributed by atoms with Crippen molar-refractivity contribution in [1.29, 1.82) is 0 Å². The van der Waals surface area contributed by atoms with E-state index < -0.39 is 0 Å². The summed E-state index contributed by atoms with van der Waals surface area (Å²) in [4.78, 5) is 15.4. The van der Waals surface area contributed by atoms with Gasteiger partial charge in [-0.3, -0.25) is 9.69 Å². The summed E-state index contributed by atoms with van der Waals surface area (Å²) in [6.07, 6.45) is 6.02. The minimum atomic E-state index is -0.102. The van der Waals surface area contributed by atoms with Crippen molar-refractivity contribution in [1.82, 2.24) is 10.2 Å². The first-order valence-corrected chi connectivity index (χ1v) is 9.49. The summed E-state index contributed by atoms with van der Waals surface area (Å²) >= 11 is 0. The van der Waals surface area contributed by atoms with Gasteiger partial charge in [0, 0.05) is 18.1 Å². The normalized spacial score (nSPS) is 24.6. The molecule has 3 heterocycles. The number of methoxy groups -OCH3 is 2. The molecule has 0 saturated carbocycles. The van der Waals surface area contributed by atoms with Crippen LogP contribution in [0.5, 0.6) is 11.5 Å². The van der Waals surface area contributed by atoms with E-state index in [9.17, 15) is 4.79 Å². The Balaban J connectivity index is 1.42. The topological polar surface area (TPSA) is 63.9 Å². The first-order valence-electron chi connectivity index (χ1n) is 9.49. The van der Waals surface area contributed by atoms with E-state index in [0.717, 1.165) is 25.1 Å². The fourth-order valence-electron chi connectivity index (χ4n) is 4.49. The molecule has 2 aliphatic heterocycles. The van der Waals surface area contributed by atoms with Gasteiger partial charge < -0.3 is 19.2 Å². The van der Waals surface area contributed by atoms with Gasteiger partial charge in [0.2, 0.25) is 0 Å². The number of hydrogen-bond acceptors (Lipinski definition) is 5. The Morgan fingerprint density at radius 2 is 1.96 bits per heavy atom. The van der Waals surface area contributed by atoms with E-state index >= 15 is 0 Å². The molecule has 1 amide bonds. The molecule has 3 atom stereocenters. The average Bonchev–Trinajstić information content (AvgIpc) is 3.27. The van der Waals surface area contributed by atoms with Crippen LogP contribution in [0.2, 0.25) is 0 Å². The van der Waals surface area contributed by atoms with Gasteiger partial charge in [-0.2, -0.15) is 0 Å². The molecule has 1 aromatic heterocycles. The summed E-state index contributed by atoms with van der Waals surface area (Å²) in [6, 6.07) is 10.4. The van der Waals surface area contributed by atoms with Crippen LogP contribution in [0.15, 0.2) is 41.0 Å². The summed E-state index contributed by atoms with van der Waals surface area (Å²) in [7, 11) is 3.17. The van der Waals surface area contributed by atoms with Crippen molar-refractivity contribution in [3.05, 3.63) is 47.9 Å². The number of benzene rings is 1. The van der Waals surface area contributed by atoms with Gasteiger partial charge in [-0.25, -0.2) is 0 Å². The van der Waals surface area contributed by atoms with Gasteiger partial charge in [-0.05, 0) is 56.0 Å². The zero-order valence-corrected chi connectivity index (χ0v) is 15.8. The van der Waals surface area contributed by atoms with Crippen molar-refractivity contribution in [3.8, 4) is 11.5 Å². The average molecular weight is 370 g/mol. The summed E-state index contributed by atoms with van der Waals surface area (Å²) < 4.78 is 16.1. The first kappa shape index (κ1) is 17.9. The minimum Gasteiger partial charge on any atom is -0.497 e. The lowest BCUT2D eigenvalue weighted by molar-refractivity contribution is 0.0803. The summed E-state index contributed by atoms with van der Waals surface area (Å²) in [6.45, 7) is 0.854. The molecule has 0 spiro atoms. The number of amides is 1. The van der Waals surface area contributed by atoms with Crippen LogP contribution in [0.1, 0.15) is 41.8 Å². The van der Waals surface area contributed by atoms with E-state index in [0.29, 0.717) is 29.1 Å². The van der Waals surface area contributed by atoms with E-state index in [1.54, 1.807) is 38.7 Å². The molecule has 2 aromatic rings. The lowest BCUT2D eigenvalue weighted by Gasteiger charge is -2.38. The Bertz CT molecular complexity index is 775. The first-order chi connectivity index (χ1) is 13.2. The number of carbonyl (C=O) groups excluding carboxylic acids is 1. The molecule has 2 bridgehead atoms. The molecule has 6 nitrogen and oxygen atoms in total. The molecule has 1 unspecified atom stereocenters. The Morgan fingerprint density at radius 1 is 1.19 bits per heavy atom. The van der Waals surface area contributed by atoms with Crippen LogP contribution in [-0.4, -0.2) is 43.2 Å². The molecule has 1 aromatic carbocycles. The Morgan fingerprint density at radius 3 is 2.59 bits per heavy atom. The van der Waals surface area contributed by atoms with Gasteiger partial charge in [-0.15, -0.1) is 0 Å². The monoisotopic (exact) mass is 370 g/mol. The molecule has 0 radical (unpaired) electrons. The molecule has 2 aliphatic rings. The summed E-state index contributed by atoms with van der Waals surface area (Å²) in [5.74, 6) is 2.12. The number of fused-ring (bicyclic) bond motifs is 2. The lowest BCUT2D eigenvalue weighted by Crippen LogP contribution is -2.50. The third-order valence-corrected chi connectivity index (χ3v) is 5.79. The van der Waals surface area contributed by atoms with Gasteiger partial charge in [0.15, 0.2) is 0 Å². The zero-order valence-electron chi connectivity index (χ0n) is 15.8. The van der Waals surface area contributed by atoms with Crippen LogP contribution in [0, 0.1) is 0 Å². The van der Waals surface area contributed by atoms with Crippen molar-refractivity contribution < 1.29 is 18.7 Å². The minimum absolute atomic E-state index is 0.102. The van der Waals surface area contributed by atoms with E-state index in [-0.39, 0.29) is 11.9 Å². The predicted octanol–water partition coefficient (Wildman–Crippen LogP) is 3.22. The number of nitrogens with one attached hydrogen (secondary N) is 1. The third-order valence-electron chi connectivity index (χ3n) is 5.79. The highest BCUT2D eigenvalue weighted by atomic mass is 16.5. The molecule has 144 valence electrons. The lowest BCUT2D eigenvalue weighted by atomic mass is 9.96. The van der Waals surface area contributed by atoms with Gasteiger partial charge in [0.1, 0.15) is 17.3 Å². The molecular weight excluding hydrogens is 344 g/mol. The maximum atomic E-state index is 12.9. The number of piperidine rings is 1. The predicted molar refractivity (Wildman–Crippen MR) is 101 cm³/mol. The highest BCUT2D eigenvalue weighted by Crippen LogP contribution is 2.37. The van der Waals surface area contributed by atoms with E-state index in [4.69, 9.17) is 13.9 Å². The largest absolute Gasteiger partial charge is 0.497 e. The van der Waals surface area contributed by atoms with Crippen LogP contribution < -0.4 is 14.8 Å². The third kappa shape index (κ3) is 3.67. The maximum Gasteiger partial charge on any atom is 0.255 e. The number of furan rings is 1. The van der Waals surface area contributed by atoms with Gasteiger partial charge in [0.25, 0.3) is 5.91 Å². The van der Waals surface area contributed by atoms with Gasteiger partial charge in [-0.1, -0.05) is 0 Å². The zero-order chi connectivity index (χ0) is 18.8. The van der Waals surface area contributed by atoms with Crippen molar-refractivity contribution in [2.45, 2.75) is 50.4 Å². The smallest absolute Gasteiger partial charge is 0.255 e. The molecule has 2 saturated heterocycles. The Hall–Kier alpha value is -2.47. The Kier molecular flexibility index (Phi) is 5.07. The molecule has 27 heavy (non-hydrogen) atoms. The molecule has 0 aliphatic carbocycles. The van der Waals surface area contributed by atoms with E-state index in [1.807, 2.05) is 12.1 Å². The number of hydrogen-bond donors (Lipinski definition) is 1. The second-order valence-electron chi connectivity index (χ2n) is 7.34. The second kappa shape index (κ2) is 7.64. The number of nitrogens with zero attached hydrogens (tertiary/aromatic N) is 1. The highest BCUT2D eigenvalue weighted by Gasteiger charge is 2.41. The quantitative estimate of drug-likeness (QED) is 0.846. The van der Waals surface area contributed by atoms with Crippen molar-refractivity contribution >= 4 is 5.91 Å². The van der Waals surface area contributed by atoms with Gasteiger partial charge in [0.05, 0.1) is 32.6 Å². The van der Waals surface area contributed by atoms with Crippen LogP contribution in [0.25, 0.3) is 0 Å². The van der Waals surface area contributed by atoms with E-state index in [2.05, 4.69) is 10.2 Å². The second-order valence-corrected chi connectivity index (χ2v) is 7.34. The van der Waals surface area contributed by atoms with Crippen LogP contribution in [-0.2, 0) is 6.54 Å². The highest BCUT2D eigenvalue weighted by molar-refractivity contribution is 5.97.